The molecular formula is C26H34N4O. The number of hydrogen-bond acceptors (Lipinski definition) is 4. The molecule has 2 unspecified atom stereocenters. The summed E-state index contributed by atoms with van der Waals surface area (Å²) >= 11 is 0. The van der Waals surface area contributed by atoms with Crippen LogP contribution in [-0.4, -0.2) is 48.4 Å². The van der Waals surface area contributed by atoms with Crippen molar-refractivity contribution < 1.29 is 4.74 Å². The van der Waals surface area contributed by atoms with Crippen LogP contribution >= 0.6 is 0 Å². The number of ether oxygens (including phenoxy) is 1. The molecule has 0 fully saturated rings. The molecule has 0 aliphatic carbocycles. The molecule has 2 aliphatic rings. The maximum absolute atomic E-state index is 6.17. The van der Waals surface area contributed by atoms with Gasteiger partial charge in [0.1, 0.15) is 11.5 Å². The van der Waals surface area contributed by atoms with Crippen molar-refractivity contribution in [1.82, 2.24) is 9.88 Å². The molecule has 2 atom stereocenters. The third-order valence-electron chi connectivity index (χ3n) is 5.89. The Bertz CT molecular complexity index is 1040. The van der Waals surface area contributed by atoms with Crippen molar-refractivity contribution in [2.75, 3.05) is 26.0 Å². The number of rotatable bonds is 7. The molecule has 0 bridgehead atoms. The van der Waals surface area contributed by atoms with E-state index in [0.29, 0.717) is 5.92 Å². The maximum atomic E-state index is 6.17. The lowest BCUT2D eigenvalue weighted by Gasteiger charge is -2.21. The minimum Gasteiger partial charge on any atom is -0.489 e. The van der Waals surface area contributed by atoms with Crippen LogP contribution in [0.1, 0.15) is 48.7 Å². The van der Waals surface area contributed by atoms with Crippen molar-refractivity contribution in [2.45, 2.75) is 52.2 Å². The second kappa shape index (κ2) is 8.75. The zero-order valence-electron chi connectivity index (χ0n) is 19.5. The summed E-state index contributed by atoms with van der Waals surface area (Å²) in [6, 6.07) is 10.9. The van der Waals surface area contributed by atoms with Crippen LogP contribution in [0.5, 0.6) is 0 Å². The lowest BCUT2D eigenvalue weighted by atomic mass is 9.89. The summed E-state index contributed by atoms with van der Waals surface area (Å²) in [5.74, 6) is 1.23. The molecule has 5 heteroatoms. The molecule has 0 amide bonds. The average molecular weight is 419 g/mol. The fourth-order valence-corrected chi connectivity index (χ4v) is 4.48. The normalized spacial score (nSPS) is 21.5. The number of fused-ring (bicyclic) bond motifs is 1. The number of nitrogens with zero attached hydrogens (tertiary/aromatic N) is 2. The topological polar surface area (TPSA) is 52.6 Å². The first-order chi connectivity index (χ1) is 14.8. The van der Waals surface area contributed by atoms with E-state index in [1.54, 1.807) is 0 Å². The van der Waals surface area contributed by atoms with Crippen LogP contribution in [0.2, 0.25) is 0 Å². The Hall–Kier alpha value is -2.79. The summed E-state index contributed by atoms with van der Waals surface area (Å²) in [7, 11) is 4.26. The van der Waals surface area contributed by atoms with Gasteiger partial charge in [0.2, 0.25) is 0 Å². The summed E-state index contributed by atoms with van der Waals surface area (Å²) in [5.41, 5.74) is 7.98. The predicted molar refractivity (Wildman–Crippen MR) is 130 cm³/mol. The Morgan fingerprint density at radius 3 is 2.65 bits per heavy atom. The second-order valence-electron chi connectivity index (χ2n) is 9.20. The van der Waals surface area contributed by atoms with Gasteiger partial charge in [0.05, 0.1) is 17.9 Å². The summed E-state index contributed by atoms with van der Waals surface area (Å²) in [6.45, 7) is 9.35. The molecule has 2 aliphatic heterocycles. The van der Waals surface area contributed by atoms with Crippen LogP contribution in [0.25, 0.3) is 6.08 Å². The zero-order valence-corrected chi connectivity index (χ0v) is 19.5. The summed E-state index contributed by atoms with van der Waals surface area (Å²) < 4.78 is 6.17. The van der Waals surface area contributed by atoms with Crippen LogP contribution in [0.3, 0.4) is 0 Å². The molecule has 31 heavy (non-hydrogen) atoms. The number of aryl methyl sites for hydroxylation is 2. The van der Waals surface area contributed by atoms with Crippen LogP contribution in [-0.2, 0) is 4.74 Å². The lowest BCUT2D eigenvalue weighted by molar-refractivity contribution is 0.155. The van der Waals surface area contributed by atoms with Gasteiger partial charge in [0, 0.05) is 29.1 Å². The van der Waals surface area contributed by atoms with E-state index in [4.69, 9.17) is 9.73 Å². The van der Waals surface area contributed by atoms with E-state index in [-0.39, 0.29) is 12.1 Å². The molecule has 0 spiro atoms. The minimum atomic E-state index is 0.0916. The van der Waals surface area contributed by atoms with Crippen LogP contribution < -0.4 is 5.32 Å². The second-order valence-corrected chi connectivity index (χ2v) is 9.20. The number of anilines is 1. The molecule has 1 aromatic heterocycles. The summed E-state index contributed by atoms with van der Waals surface area (Å²) in [6.07, 6.45) is 5.40. The summed E-state index contributed by atoms with van der Waals surface area (Å²) in [5, 5.41) is 3.74. The van der Waals surface area contributed by atoms with Gasteiger partial charge in [0.25, 0.3) is 0 Å². The van der Waals surface area contributed by atoms with E-state index in [1.165, 1.54) is 16.8 Å². The van der Waals surface area contributed by atoms with Gasteiger partial charge in [-0.3, -0.25) is 0 Å². The molecule has 2 aromatic rings. The van der Waals surface area contributed by atoms with Gasteiger partial charge in [-0.05, 0) is 84.1 Å². The van der Waals surface area contributed by atoms with E-state index < -0.39 is 0 Å². The molecule has 0 saturated heterocycles. The van der Waals surface area contributed by atoms with Crippen molar-refractivity contribution in [3.8, 4) is 0 Å². The zero-order chi connectivity index (χ0) is 22.1. The number of aromatic nitrogens is 1. The number of hydrogen-bond donors (Lipinski definition) is 2. The highest BCUT2D eigenvalue weighted by atomic mass is 16.5. The smallest absolute Gasteiger partial charge is 0.147 e. The highest BCUT2D eigenvalue weighted by molar-refractivity contribution is 6.07. The molecule has 164 valence electrons. The molecule has 3 heterocycles. The first-order valence-electron chi connectivity index (χ1n) is 11.2. The fraction of sp³-hybridized carbons (Fsp3) is 0.423. The van der Waals surface area contributed by atoms with E-state index in [9.17, 15) is 0 Å². The number of H-pyrrole nitrogens is 1. The van der Waals surface area contributed by atoms with Crippen molar-refractivity contribution in [2.24, 2.45) is 4.99 Å². The number of aliphatic imine (C=N–C) groups is 1. The van der Waals surface area contributed by atoms with Crippen LogP contribution in [0.4, 0.5) is 5.69 Å². The number of benzene rings is 1. The minimum absolute atomic E-state index is 0.0916. The Labute approximate surface area is 185 Å². The largest absolute Gasteiger partial charge is 0.489 e. The first-order valence-corrected chi connectivity index (χ1v) is 11.2. The number of aromatic amines is 1. The first kappa shape index (κ1) is 21.4. The monoisotopic (exact) mass is 418 g/mol. The van der Waals surface area contributed by atoms with Gasteiger partial charge in [-0.25, -0.2) is 4.99 Å². The molecule has 2 N–H and O–H groups in total. The fourth-order valence-electron chi connectivity index (χ4n) is 4.48. The quantitative estimate of drug-likeness (QED) is 0.644. The van der Waals surface area contributed by atoms with E-state index >= 15 is 0 Å². The van der Waals surface area contributed by atoms with Gasteiger partial charge in [0.15, 0.2) is 0 Å². The molecule has 1 aromatic carbocycles. The van der Waals surface area contributed by atoms with Gasteiger partial charge < -0.3 is 19.9 Å². The van der Waals surface area contributed by atoms with Crippen molar-refractivity contribution in [3.05, 3.63) is 70.4 Å². The Morgan fingerprint density at radius 2 is 1.97 bits per heavy atom. The van der Waals surface area contributed by atoms with E-state index in [2.05, 4.69) is 99.5 Å². The van der Waals surface area contributed by atoms with Crippen LogP contribution in [0, 0.1) is 13.8 Å². The number of para-hydroxylation sites is 1. The molecular weight excluding hydrogens is 384 g/mol. The Kier molecular flexibility index (Phi) is 6.05. The van der Waals surface area contributed by atoms with Gasteiger partial charge in [-0.2, -0.15) is 0 Å². The maximum Gasteiger partial charge on any atom is 0.147 e. The molecule has 5 nitrogen and oxygen atoms in total. The van der Waals surface area contributed by atoms with Gasteiger partial charge in [-0.1, -0.05) is 18.2 Å². The van der Waals surface area contributed by atoms with Crippen molar-refractivity contribution in [3.63, 3.8) is 0 Å². The van der Waals surface area contributed by atoms with Crippen molar-refractivity contribution in [1.29, 1.82) is 0 Å². The highest BCUT2D eigenvalue weighted by Gasteiger charge is 2.36. The highest BCUT2D eigenvalue weighted by Crippen LogP contribution is 2.40. The molecule has 4 rings (SSSR count). The standard InChI is InChI=1S/C26H34N4O/c1-16(2)31-25-15-24(28-23(25)14-22-17(3)13-18(4)27-22)26-20(11-12-30(5)6)19-9-7-8-10-21(19)29-26/h7-10,13-16,20,26-27,29H,11-12H2,1-6H3/b23-14-. The van der Waals surface area contributed by atoms with Gasteiger partial charge in [-0.15, -0.1) is 0 Å². The van der Waals surface area contributed by atoms with Gasteiger partial charge >= 0.3 is 0 Å². The number of nitrogens with one attached hydrogen (secondary N) is 2. The van der Waals surface area contributed by atoms with E-state index in [1.807, 2.05) is 0 Å². The Balaban J connectivity index is 1.69. The predicted octanol–water partition coefficient (Wildman–Crippen LogP) is 5.27. The summed E-state index contributed by atoms with van der Waals surface area (Å²) in [4.78, 5) is 10.8. The van der Waals surface area contributed by atoms with Crippen molar-refractivity contribution >= 4 is 17.5 Å². The third-order valence-corrected chi connectivity index (χ3v) is 5.89. The molecule has 0 saturated carbocycles. The van der Waals surface area contributed by atoms with Crippen LogP contribution in [0.15, 0.2) is 52.9 Å². The molecule has 0 radical (unpaired) electrons. The lowest BCUT2D eigenvalue weighted by Crippen LogP contribution is -2.30. The average Bonchev–Trinajstić information content (AvgIpc) is 3.35. The Morgan fingerprint density at radius 1 is 1.19 bits per heavy atom. The SMILES string of the molecule is Cc1cc(C)c(/C=C2\N=C(C3Nc4ccccc4C3CCN(C)C)C=C2OC(C)C)[nH]1. The van der Waals surface area contributed by atoms with E-state index in [0.717, 1.165) is 41.5 Å². The third kappa shape index (κ3) is 4.62.